The normalized spacial score (nSPS) is 10.9. The number of hydrogen-bond donors (Lipinski definition) is 1. The molecule has 2 aromatic carbocycles. The second-order valence-corrected chi connectivity index (χ2v) is 5.12. The first-order chi connectivity index (χ1) is 9.56. The molecule has 1 aromatic heterocycles. The van der Waals surface area contributed by atoms with E-state index in [9.17, 15) is 9.18 Å². The molecule has 0 atom stereocenters. The second-order valence-electron chi connectivity index (χ2n) is 4.71. The first kappa shape index (κ1) is 12.9. The van der Waals surface area contributed by atoms with Crippen molar-refractivity contribution in [2.45, 2.75) is 6.92 Å². The summed E-state index contributed by atoms with van der Waals surface area (Å²) >= 11 is 6.15. The van der Waals surface area contributed by atoms with Gasteiger partial charge in [0, 0.05) is 28.2 Å². The van der Waals surface area contributed by atoms with Crippen LogP contribution in [0.4, 0.5) is 4.39 Å². The van der Waals surface area contributed by atoms with Crippen LogP contribution in [0.3, 0.4) is 0 Å². The molecule has 0 bridgehead atoms. The van der Waals surface area contributed by atoms with Crippen LogP contribution in [-0.2, 0) is 0 Å². The highest BCUT2D eigenvalue weighted by Gasteiger charge is 2.17. The number of halogens is 2. The van der Waals surface area contributed by atoms with Gasteiger partial charge in [-0.15, -0.1) is 0 Å². The van der Waals surface area contributed by atoms with Crippen LogP contribution in [0.25, 0.3) is 10.9 Å². The fourth-order valence-corrected chi connectivity index (χ4v) is 2.62. The minimum absolute atomic E-state index is 0.244. The molecule has 4 heteroatoms. The molecule has 0 aliphatic heterocycles. The molecule has 0 fully saturated rings. The van der Waals surface area contributed by atoms with E-state index < -0.39 is 5.82 Å². The Hall–Kier alpha value is -2.13. The van der Waals surface area contributed by atoms with Gasteiger partial charge < -0.3 is 4.98 Å². The number of fused-ring (bicyclic) bond motifs is 1. The van der Waals surface area contributed by atoms with Gasteiger partial charge in [-0.25, -0.2) is 4.39 Å². The third-order valence-corrected chi connectivity index (χ3v) is 3.52. The molecule has 0 unspecified atom stereocenters. The quantitative estimate of drug-likeness (QED) is 0.692. The van der Waals surface area contributed by atoms with Gasteiger partial charge in [0.2, 0.25) is 0 Å². The molecule has 1 heterocycles. The molecule has 0 amide bonds. The summed E-state index contributed by atoms with van der Waals surface area (Å²) in [6.45, 7) is 1.75. The van der Waals surface area contributed by atoms with Crippen LogP contribution in [-0.4, -0.2) is 10.8 Å². The van der Waals surface area contributed by atoms with Crippen LogP contribution in [0.15, 0.2) is 42.6 Å². The first-order valence-electron chi connectivity index (χ1n) is 6.14. The number of aromatic nitrogens is 1. The number of carbonyl (C=O) groups excluding carboxylic acids is 1. The van der Waals surface area contributed by atoms with Gasteiger partial charge >= 0.3 is 0 Å². The topological polar surface area (TPSA) is 32.9 Å². The number of carbonyl (C=O) groups is 1. The number of aryl methyl sites for hydroxylation is 1. The fourth-order valence-electron chi connectivity index (χ4n) is 2.34. The lowest BCUT2D eigenvalue weighted by Crippen LogP contribution is -2.01. The number of ketones is 1. The minimum atomic E-state index is -0.417. The van der Waals surface area contributed by atoms with Gasteiger partial charge in [-0.3, -0.25) is 4.79 Å². The number of nitrogens with one attached hydrogen (secondary N) is 1. The summed E-state index contributed by atoms with van der Waals surface area (Å²) in [6.07, 6.45) is 1.61. The highest BCUT2D eigenvalue weighted by atomic mass is 35.5. The van der Waals surface area contributed by atoms with Gasteiger partial charge in [0.1, 0.15) is 5.82 Å². The van der Waals surface area contributed by atoms with Crippen molar-refractivity contribution in [3.8, 4) is 0 Å². The summed E-state index contributed by atoms with van der Waals surface area (Å²) < 4.78 is 13.4. The van der Waals surface area contributed by atoms with Crippen molar-refractivity contribution in [1.29, 1.82) is 0 Å². The zero-order valence-electron chi connectivity index (χ0n) is 10.7. The lowest BCUT2D eigenvalue weighted by molar-refractivity contribution is 0.104. The van der Waals surface area contributed by atoms with Gasteiger partial charge in [0.05, 0.1) is 5.02 Å². The van der Waals surface area contributed by atoms with Crippen molar-refractivity contribution in [3.05, 3.63) is 70.1 Å². The Balaban J connectivity index is 2.18. The van der Waals surface area contributed by atoms with Crippen molar-refractivity contribution >= 4 is 28.3 Å². The van der Waals surface area contributed by atoms with Crippen molar-refractivity contribution in [2.24, 2.45) is 0 Å². The van der Waals surface area contributed by atoms with E-state index in [0.29, 0.717) is 27.1 Å². The monoisotopic (exact) mass is 287 g/mol. The maximum atomic E-state index is 13.4. The third kappa shape index (κ3) is 2.10. The van der Waals surface area contributed by atoms with E-state index in [1.807, 2.05) is 12.1 Å². The molecule has 0 spiro atoms. The fraction of sp³-hybridized carbons (Fsp3) is 0.0625. The summed E-state index contributed by atoms with van der Waals surface area (Å²) in [5, 5.41) is 1.17. The Morgan fingerprint density at radius 2 is 2.05 bits per heavy atom. The number of benzene rings is 2. The summed E-state index contributed by atoms with van der Waals surface area (Å²) in [4.78, 5) is 15.5. The highest BCUT2D eigenvalue weighted by Crippen LogP contribution is 2.28. The minimum Gasteiger partial charge on any atom is -0.360 e. The van der Waals surface area contributed by atoms with E-state index in [-0.39, 0.29) is 5.78 Å². The molecule has 0 radical (unpaired) electrons. The van der Waals surface area contributed by atoms with E-state index in [1.54, 1.807) is 25.3 Å². The molecule has 2 nitrogen and oxygen atoms in total. The lowest BCUT2D eigenvalue weighted by atomic mass is 10.0. The zero-order chi connectivity index (χ0) is 14.3. The summed E-state index contributed by atoms with van der Waals surface area (Å²) in [7, 11) is 0. The van der Waals surface area contributed by atoms with E-state index in [4.69, 9.17) is 11.6 Å². The largest absolute Gasteiger partial charge is 0.360 e. The van der Waals surface area contributed by atoms with Crippen molar-refractivity contribution < 1.29 is 9.18 Å². The molecule has 0 saturated carbocycles. The third-order valence-electron chi connectivity index (χ3n) is 3.20. The highest BCUT2D eigenvalue weighted by molar-refractivity contribution is 6.37. The van der Waals surface area contributed by atoms with E-state index in [2.05, 4.69) is 4.98 Å². The van der Waals surface area contributed by atoms with Gasteiger partial charge in [0.15, 0.2) is 5.78 Å². The molecule has 3 aromatic rings. The molecule has 0 aliphatic carbocycles. The van der Waals surface area contributed by atoms with Crippen LogP contribution in [0.2, 0.25) is 5.02 Å². The van der Waals surface area contributed by atoms with Crippen LogP contribution in [0.1, 0.15) is 21.5 Å². The van der Waals surface area contributed by atoms with Crippen molar-refractivity contribution in [3.63, 3.8) is 0 Å². The predicted molar refractivity (Wildman–Crippen MR) is 77.9 cm³/mol. The Labute approximate surface area is 120 Å². The lowest BCUT2D eigenvalue weighted by Gasteiger charge is -2.03. The molecule has 1 N–H and O–H groups in total. The predicted octanol–water partition coefficient (Wildman–Crippen LogP) is 4.50. The van der Waals surface area contributed by atoms with Crippen molar-refractivity contribution in [2.75, 3.05) is 0 Å². The second kappa shape index (κ2) is 4.76. The Morgan fingerprint density at radius 3 is 2.80 bits per heavy atom. The number of aromatic amines is 1. The zero-order valence-corrected chi connectivity index (χ0v) is 11.5. The molecule has 0 saturated heterocycles. The SMILES string of the molecule is Cc1cc(F)cc(C(=O)c2c[nH]c3cccc(Cl)c23)c1. The maximum Gasteiger partial charge on any atom is 0.195 e. The summed E-state index contributed by atoms with van der Waals surface area (Å²) in [5.74, 6) is -0.661. The van der Waals surface area contributed by atoms with Crippen LogP contribution >= 0.6 is 11.6 Å². The van der Waals surface area contributed by atoms with Crippen LogP contribution < -0.4 is 0 Å². The average molecular weight is 288 g/mol. The number of hydrogen-bond acceptors (Lipinski definition) is 1. The molecule has 20 heavy (non-hydrogen) atoms. The van der Waals surface area contributed by atoms with E-state index in [0.717, 1.165) is 5.52 Å². The molecular formula is C16H11ClFNO. The average Bonchev–Trinajstić information content (AvgIpc) is 2.82. The van der Waals surface area contributed by atoms with Gasteiger partial charge in [-0.05, 0) is 42.8 Å². The smallest absolute Gasteiger partial charge is 0.195 e. The Morgan fingerprint density at radius 1 is 1.25 bits per heavy atom. The van der Waals surface area contributed by atoms with Gasteiger partial charge in [-0.1, -0.05) is 17.7 Å². The Bertz CT molecular complexity index is 802. The van der Waals surface area contributed by atoms with E-state index in [1.165, 1.54) is 12.1 Å². The van der Waals surface area contributed by atoms with Crippen molar-refractivity contribution in [1.82, 2.24) is 4.98 Å². The first-order valence-corrected chi connectivity index (χ1v) is 6.51. The van der Waals surface area contributed by atoms with Gasteiger partial charge in [-0.2, -0.15) is 0 Å². The number of H-pyrrole nitrogens is 1. The van der Waals surface area contributed by atoms with Gasteiger partial charge in [0.25, 0.3) is 0 Å². The molecule has 100 valence electrons. The standard InChI is InChI=1S/C16H11ClFNO/c1-9-5-10(7-11(18)6-9)16(20)12-8-19-14-4-2-3-13(17)15(12)14/h2-8,19H,1H3. The summed E-state index contributed by atoms with van der Waals surface area (Å²) in [6, 6.07) is 9.67. The molecular weight excluding hydrogens is 277 g/mol. The van der Waals surface area contributed by atoms with Crippen LogP contribution in [0.5, 0.6) is 0 Å². The summed E-state index contributed by atoms with van der Waals surface area (Å²) in [5.41, 5.74) is 2.27. The molecule has 0 aliphatic rings. The van der Waals surface area contributed by atoms with E-state index >= 15 is 0 Å². The van der Waals surface area contributed by atoms with Crippen LogP contribution in [0, 0.1) is 12.7 Å². The maximum absolute atomic E-state index is 13.4. The Kier molecular flexibility index (Phi) is 3.07. The number of rotatable bonds is 2. The molecule has 3 rings (SSSR count).